The minimum atomic E-state index is 0.0154. The first-order valence-electron chi connectivity index (χ1n) is 10.8. The molecule has 0 radical (unpaired) electrons. The molecule has 5 heteroatoms. The van der Waals surface area contributed by atoms with Gasteiger partial charge in [0.05, 0.1) is 18.4 Å². The third-order valence-corrected chi connectivity index (χ3v) is 7.11. The van der Waals surface area contributed by atoms with Crippen LogP contribution in [0.15, 0.2) is 48.5 Å². The molecule has 3 aromatic rings. The van der Waals surface area contributed by atoms with Crippen LogP contribution < -0.4 is 10.1 Å². The maximum Gasteiger partial charge on any atom is 0.254 e. The predicted octanol–water partition coefficient (Wildman–Crippen LogP) is 4.21. The number of hydrogen-bond donors (Lipinski definition) is 1. The van der Waals surface area contributed by atoms with E-state index >= 15 is 0 Å². The number of hydrogen-bond acceptors (Lipinski definition) is 3. The largest absolute Gasteiger partial charge is 0.497 e. The van der Waals surface area contributed by atoms with Crippen molar-refractivity contribution in [3.63, 3.8) is 0 Å². The molecule has 2 aliphatic heterocycles. The predicted molar refractivity (Wildman–Crippen MR) is 120 cm³/mol. The van der Waals surface area contributed by atoms with Crippen LogP contribution in [0, 0.1) is 0 Å². The normalized spacial score (nSPS) is 23.6. The molecular formula is C25H29N3O2. The highest BCUT2D eigenvalue weighted by molar-refractivity contribution is 6.13. The molecular weight excluding hydrogens is 374 g/mol. The minimum absolute atomic E-state index is 0.0154. The average Bonchev–Trinajstić information content (AvgIpc) is 3.15. The van der Waals surface area contributed by atoms with Crippen molar-refractivity contribution >= 4 is 16.8 Å². The SMILES string of the molecule is COc1ccc2c(c1)c(C(=O)N[C@H]1C[C@H]3CC[C@@H](C1)N3C)c(-c1ccccc1)n2C. The van der Waals surface area contributed by atoms with Gasteiger partial charge in [0.1, 0.15) is 5.75 Å². The van der Waals surface area contributed by atoms with Crippen LogP contribution in [0.3, 0.4) is 0 Å². The number of ether oxygens (including phenoxy) is 1. The summed E-state index contributed by atoms with van der Waals surface area (Å²) in [6, 6.07) is 17.6. The zero-order valence-corrected chi connectivity index (χ0v) is 17.9. The molecule has 2 aromatic carbocycles. The average molecular weight is 404 g/mol. The van der Waals surface area contributed by atoms with E-state index in [-0.39, 0.29) is 11.9 Å². The topological polar surface area (TPSA) is 46.5 Å². The van der Waals surface area contributed by atoms with Crippen LogP contribution in [0.2, 0.25) is 0 Å². The first-order chi connectivity index (χ1) is 14.6. The number of carbonyl (C=O) groups is 1. The second-order valence-electron chi connectivity index (χ2n) is 8.72. The lowest BCUT2D eigenvalue weighted by Gasteiger charge is -2.36. The Labute approximate surface area is 177 Å². The summed E-state index contributed by atoms with van der Waals surface area (Å²) in [5.74, 6) is 0.778. The van der Waals surface area contributed by atoms with Crippen molar-refractivity contribution in [3.05, 3.63) is 54.1 Å². The summed E-state index contributed by atoms with van der Waals surface area (Å²) in [6.45, 7) is 0. The fraction of sp³-hybridized carbons (Fsp3) is 0.400. The number of benzene rings is 2. The number of amides is 1. The van der Waals surface area contributed by atoms with Gasteiger partial charge in [-0.1, -0.05) is 30.3 Å². The van der Waals surface area contributed by atoms with E-state index in [2.05, 4.69) is 34.0 Å². The first-order valence-corrected chi connectivity index (χ1v) is 10.8. The highest BCUT2D eigenvalue weighted by Crippen LogP contribution is 2.37. The lowest BCUT2D eigenvalue weighted by atomic mass is 9.97. The fourth-order valence-electron chi connectivity index (χ4n) is 5.50. The number of methoxy groups -OCH3 is 1. The van der Waals surface area contributed by atoms with E-state index in [1.54, 1.807) is 7.11 Å². The molecule has 1 aromatic heterocycles. The molecule has 1 amide bonds. The van der Waals surface area contributed by atoms with Crippen LogP contribution in [0.1, 0.15) is 36.0 Å². The number of rotatable bonds is 4. The van der Waals surface area contributed by atoms with Crippen molar-refractivity contribution in [2.75, 3.05) is 14.2 Å². The third kappa shape index (κ3) is 3.08. The van der Waals surface area contributed by atoms with Crippen molar-refractivity contribution in [2.24, 2.45) is 7.05 Å². The number of nitrogens with zero attached hydrogens (tertiary/aromatic N) is 2. The number of fused-ring (bicyclic) bond motifs is 3. The Bertz CT molecular complexity index is 1070. The highest BCUT2D eigenvalue weighted by atomic mass is 16.5. The molecule has 5 rings (SSSR count). The van der Waals surface area contributed by atoms with Gasteiger partial charge in [-0.3, -0.25) is 4.79 Å². The zero-order chi connectivity index (χ0) is 20.8. The number of aryl methyl sites for hydroxylation is 1. The molecule has 3 atom stereocenters. The number of aromatic nitrogens is 1. The Morgan fingerprint density at radius 3 is 2.40 bits per heavy atom. The molecule has 2 aliphatic rings. The van der Waals surface area contributed by atoms with Gasteiger partial charge in [-0.15, -0.1) is 0 Å². The minimum Gasteiger partial charge on any atom is -0.497 e. The standard InChI is InChI=1S/C25H29N3O2/c1-27-18-9-10-19(27)14-17(13-18)26-25(29)23-21-15-20(30-3)11-12-22(21)28(2)24(23)16-7-5-4-6-8-16/h4-8,11-12,15,17-19H,9-10,13-14H2,1-3H3,(H,26,29)/t17-,18+,19-. The van der Waals surface area contributed by atoms with Crippen LogP contribution in [-0.2, 0) is 7.05 Å². The third-order valence-electron chi connectivity index (χ3n) is 7.11. The van der Waals surface area contributed by atoms with Crippen molar-refractivity contribution in [3.8, 4) is 17.0 Å². The fourth-order valence-corrected chi connectivity index (χ4v) is 5.50. The Morgan fingerprint density at radius 1 is 1.03 bits per heavy atom. The molecule has 0 aliphatic carbocycles. The van der Waals surface area contributed by atoms with E-state index < -0.39 is 0 Å². The maximum absolute atomic E-state index is 13.7. The molecule has 0 unspecified atom stereocenters. The Morgan fingerprint density at radius 2 is 1.73 bits per heavy atom. The summed E-state index contributed by atoms with van der Waals surface area (Å²) in [6.07, 6.45) is 4.56. The molecule has 2 fully saturated rings. The van der Waals surface area contributed by atoms with Gasteiger partial charge in [-0.25, -0.2) is 0 Å². The quantitative estimate of drug-likeness (QED) is 0.710. The lowest BCUT2D eigenvalue weighted by Crippen LogP contribution is -2.48. The molecule has 156 valence electrons. The van der Waals surface area contributed by atoms with Crippen molar-refractivity contribution < 1.29 is 9.53 Å². The van der Waals surface area contributed by atoms with Crippen molar-refractivity contribution in [1.82, 2.24) is 14.8 Å². The van der Waals surface area contributed by atoms with Crippen LogP contribution >= 0.6 is 0 Å². The second kappa shape index (κ2) is 7.47. The van der Waals surface area contributed by atoms with E-state index in [9.17, 15) is 4.79 Å². The highest BCUT2D eigenvalue weighted by Gasteiger charge is 2.39. The maximum atomic E-state index is 13.7. The molecule has 0 saturated carbocycles. The summed E-state index contributed by atoms with van der Waals surface area (Å²) in [5.41, 5.74) is 3.77. The first kappa shape index (κ1) is 19.2. The lowest BCUT2D eigenvalue weighted by molar-refractivity contribution is 0.0884. The van der Waals surface area contributed by atoms with Gasteiger partial charge in [-0.2, -0.15) is 0 Å². The van der Waals surface area contributed by atoms with Crippen LogP contribution in [-0.4, -0.2) is 47.7 Å². The van der Waals surface area contributed by atoms with Gasteiger partial charge >= 0.3 is 0 Å². The Kier molecular flexibility index (Phi) is 4.78. The van der Waals surface area contributed by atoms with Crippen LogP contribution in [0.25, 0.3) is 22.2 Å². The summed E-state index contributed by atoms with van der Waals surface area (Å²) in [5, 5.41) is 4.32. The van der Waals surface area contributed by atoms with Gasteiger partial charge in [0, 0.05) is 36.1 Å². The smallest absolute Gasteiger partial charge is 0.254 e. The summed E-state index contributed by atoms with van der Waals surface area (Å²) < 4.78 is 7.59. The molecule has 1 N–H and O–H groups in total. The van der Waals surface area contributed by atoms with Crippen molar-refractivity contribution in [2.45, 2.75) is 43.8 Å². The van der Waals surface area contributed by atoms with Gasteiger partial charge in [0.25, 0.3) is 5.91 Å². The monoisotopic (exact) mass is 403 g/mol. The van der Waals surface area contributed by atoms with Crippen molar-refractivity contribution in [1.29, 1.82) is 0 Å². The van der Waals surface area contributed by atoms with Gasteiger partial charge in [-0.05, 0) is 56.5 Å². The van der Waals surface area contributed by atoms with E-state index in [1.807, 2.05) is 43.4 Å². The van der Waals surface area contributed by atoms with E-state index in [1.165, 1.54) is 12.8 Å². The summed E-state index contributed by atoms with van der Waals surface area (Å²) in [7, 11) is 5.92. The summed E-state index contributed by atoms with van der Waals surface area (Å²) in [4.78, 5) is 16.2. The molecule has 2 saturated heterocycles. The van der Waals surface area contributed by atoms with Gasteiger partial charge in [0.15, 0.2) is 0 Å². The second-order valence-corrected chi connectivity index (χ2v) is 8.72. The number of carbonyl (C=O) groups excluding carboxylic acids is 1. The molecule has 5 nitrogen and oxygen atoms in total. The van der Waals surface area contributed by atoms with Crippen LogP contribution in [0.5, 0.6) is 5.75 Å². The molecule has 3 heterocycles. The van der Waals surface area contributed by atoms with Gasteiger partial charge < -0.3 is 19.5 Å². The molecule has 30 heavy (non-hydrogen) atoms. The van der Waals surface area contributed by atoms with Crippen LogP contribution in [0.4, 0.5) is 0 Å². The zero-order valence-electron chi connectivity index (χ0n) is 17.9. The number of nitrogens with one attached hydrogen (secondary N) is 1. The van der Waals surface area contributed by atoms with Gasteiger partial charge in [0.2, 0.25) is 0 Å². The van der Waals surface area contributed by atoms with E-state index in [4.69, 9.17) is 4.74 Å². The molecule has 2 bridgehead atoms. The summed E-state index contributed by atoms with van der Waals surface area (Å²) >= 11 is 0. The van der Waals surface area contributed by atoms with E-state index in [0.717, 1.165) is 46.3 Å². The molecule has 0 spiro atoms. The Hall–Kier alpha value is -2.79. The van der Waals surface area contributed by atoms with E-state index in [0.29, 0.717) is 12.1 Å². The Balaban J connectivity index is 1.57. The number of piperidine rings is 1.